The summed E-state index contributed by atoms with van der Waals surface area (Å²) < 4.78 is 43.0. The van der Waals surface area contributed by atoms with Crippen LogP contribution in [0.2, 0.25) is 5.02 Å². The van der Waals surface area contributed by atoms with Crippen LogP contribution in [-0.4, -0.2) is 36.1 Å². The first-order valence-electron chi connectivity index (χ1n) is 8.07. The number of nitrogens with zero attached hydrogens (tertiary/aromatic N) is 3. The van der Waals surface area contributed by atoms with Gasteiger partial charge in [0.15, 0.2) is 5.96 Å². The second-order valence-corrected chi connectivity index (χ2v) is 6.89. The van der Waals surface area contributed by atoms with E-state index in [9.17, 15) is 13.2 Å². The van der Waals surface area contributed by atoms with Crippen LogP contribution in [0, 0.1) is 0 Å². The first-order valence-corrected chi connectivity index (χ1v) is 9.26. The second kappa shape index (κ2) is 9.75. The highest BCUT2D eigenvalue weighted by molar-refractivity contribution is 7.11. The SMILES string of the molecule is CCc1cnc(CNC(=NC)NCCOc2ncc(C(F)(F)F)cc2Cl)s1. The number of aryl methyl sites for hydroxylation is 1. The van der Waals surface area contributed by atoms with E-state index < -0.39 is 11.7 Å². The summed E-state index contributed by atoms with van der Waals surface area (Å²) in [5.41, 5.74) is -0.920. The molecule has 2 heterocycles. The Hall–Kier alpha value is -2.07. The Balaban J connectivity index is 1.76. The van der Waals surface area contributed by atoms with Crippen molar-refractivity contribution in [3.05, 3.63) is 38.9 Å². The van der Waals surface area contributed by atoms with Gasteiger partial charge >= 0.3 is 6.18 Å². The van der Waals surface area contributed by atoms with E-state index in [0.29, 0.717) is 25.2 Å². The molecule has 0 fully saturated rings. The predicted octanol–water partition coefficient (Wildman–Crippen LogP) is 3.52. The molecule has 0 spiro atoms. The monoisotopic (exact) mass is 421 g/mol. The largest absolute Gasteiger partial charge is 0.475 e. The van der Waals surface area contributed by atoms with E-state index in [0.717, 1.165) is 17.5 Å². The number of nitrogens with one attached hydrogen (secondary N) is 2. The molecule has 0 aliphatic heterocycles. The molecule has 0 bridgehead atoms. The number of guanidine groups is 1. The van der Waals surface area contributed by atoms with Crippen molar-refractivity contribution in [2.45, 2.75) is 26.1 Å². The van der Waals surface area contributed by atoms with Crippen LogP contribution in [-0.2, 0) is 19.1 Å². The lowest BCUT2D eigenvalue weighted by atomic mass is 10.3. The highest BCUT2D eigenvalue weighted by atomic mass is 35.5. The van der Waals surface area contributed by atoms with Crippen molar-refractivity contribution >= 4 is 28.9 Å². The van der Waals surface area contributed by atoms with Crippen LogP contribution in [0.15, 0.2) is 23.5 Å². The Labute approximate surface area is 163 Å². The van der Waals surface area contributed by atoms with Gasteiger partial charge in [-0.3, -0.25) is 4.99 Å². The third-order valence-corrected chi connectivity index (χ3v) is 4.76. The Bertz CT molecular complexity index is 782. The van der Waals surface area contributed by atoms with E-state index in [1.165, 1.54) is 4.88 Å². The van der Waals surface area contributed by atoms with Crippen LogP contribution in [0.4, 0.5) is 13.2 Å². The summed E-state index contributed by atoms with van der Waals surface area (Å²) >= 11 is 7.42. The average molecular weight is 422 g/mol. The molecule has 0 aliphatic carbocycles. The topological polar surface area (TPSA) is 71.4 Å². The van der Waals surface area contributed by atoms with Gasteiger partial charge in [0, 0.05) is 24.3 Å². The summed E-state index contributed by atoms with van der Waals surface area (Å²) in [5, 5.41) is 6.91. The molecule has 2 aromatic rings. The maximum Gasteiger partial charge on any atom is 0.417 e. The zero-order valence-corrected chi connectivity index (χ0v) is 16.3. The molecular formula is C16H19ClF3N5OS. The van der Waals surface area contributed by atoms with Crippen molar-refractivity contribution in [2.24, 2.45) is 4.99 Å². The van der Waals surface area contributed by atoms with Crippen molar-refractivity contribution in [1.29, 1.82) is 0 Å². The normalized spacial score (nSPS) is 12.1. The standard InChI is InChI=1S/C16H19ClF3N5OS/c1-3-11-8-23-13(27-11)9-25-15(21-2)22-4-5-26-14-12(17)6-10(7-24-14)16(18,19)20/h6-8H,3-5,9H2,1-2H3,(H2,21,22,25). The number of aromatic nitrogens is 2. The van der Waals surface area contributed by atoms with Gasteiger partial charge in [0.1, 0.15) is 16.6 Å². The fourth-order valence-electron chi connectivity index (χ4n) is 1.98. The molecule has 0 saturated carbocycles. The highest BCUT2D eigenvalue weighted by Gasteiger charge is 2.31. The van der Waals surface area contributed by atoms with Gasteiger partial charge in [0.2, 0.25) is 5.88 Å². The molecule has 2 N–H and O–H groups in total. The summed E-state index contributed by atoms with van der Waals surface area (Å²) in [6.45, 7) is 3.12. The number of ether oxygens (including phenoxy) is 1. The first kappa shape index (κ1) is 21.2. The Morgan fingerprint density at radius 3 is 2.67 bits per heavy atom. The van der Waals surface area contributed by atoms with Crippen LogP contribution in [0.25, 0.3) is 0 Å². The number of thiazole rings is 1. The molecule has 6 nitrogen and oxygen atoms in total. The van der Waals surface area contributed by atoms with Crippen molar-refractivity contribution in [2.75, 3.05) is 20.2 Å². The van der Waals surface area contributed by atoms with Gasteiger partial charge in [-0.2, -0.15) is 13.2 Å². The number of hydrogen-bond donors (Lipinski definition) is 2. The third-order valence-electron chi connectivity index (χ3n) is 3.35. The van der Waals surface area contributed by atoms with E-state index in [4.69, 9.17) is 16.3 Å². The van der Waals surface area contributed by atoms with Crippen LogP contribution < -0.4 is 15.4 Å². The summed E-state index contributed by atoms with van der Waals surface area (Å²) in [4.78, 5) is 13.2. The van der Waals surface area contributed by atoms with Gasteiger partial charge in [-0.25, -0.2) is 9.97 Å². The highest BCUT2D eigenvalue weighted by Crippen LogP contribution is 2.32. The van der Waals surface area contributed by atoms with Crippen LogP contribution in [0.1, 0.15) is 22.4 Å². The fourth-order valence-corrected chi connectivity index (χ4v) is 3.00. The summed E-state index contributed by atoms with van der Waals surface area (Å²) in [5.74, 6) is 0.502. The molecule has 0 atom stereocenters. The summed E-state index contributed by atoms with van der Waals surface area (Å²) in [7, 11) is 1.63. The zero-order chi connectivity index (χ0) is 19.9. The molecule has 2 aromatic heterocycles. The van der Waals surface area contributed by atoms with Gasteiger partial charge in [-0.1, -0.05) is 18.5 Å². The lowest BCUT2D eigenvalue weighted by molar-refractivity contribution is -0.137. The van der Waals surface area contributed by atoms with Crippen LogP contribution in [0.3, 0.4) is 0 Å². The van der Waals surface area contributed by atoms with E-state index in [1.54, 1.807) is 18.4 Å². The maximum atomic E-state index is 12.6. The summed E-state index contributed by atoms with van der Waals surface area (Å²) in [6, 6.07) is 0.788. The maximum absolute atomic E-state index is 12.6. The van der Waals surface area contributed by atoms with Crippen molar-refractivity contribution in [3.8, 4) is 5.88 Å². The number of rotatable bonds is 7. The molecule has 0 aromatic carbocycles. The van der Waals surface area contributed by atoms with Crippen molar-refractivity contribution < 1.29 is 17.9 Å². The van der Waals surface area contributed by atoms with Crippen molar-refractivity contribution in [1.82, 2.24) is 20.6 Å². The van der Waals surface area contributed by atoms with Gasteiger partial charge in [-0.15, -0.1) is 11.3 Å². The van der Waals surface area contributed by atoms with Crippen LogP contribution in [0.5, 0.6) is 5.88 Å². The minimum absolute atomic E-state index is 0.0516. The number of halogens is 4. The third kappa shape index (κ3) is 6.55. The smallest absolute Gasteiger partial charge is 0.417 e. The predicted molar refractivity (Wildman–Crippen MR) is 99.4 cm³/mol. The van der Waals surface area contributed by atoms with Crippen molar-refractivity contribution in [3.63, 3.8) is 0 Å². The lowest BCUT2D eigenvalue weighted by Gasteiger charge is -2.12. The van der Waals surface area contributed by atoms with E-state index in [1.807, 2.05) is 6.20 Å². The van der Waals surface area contributed by atoms with E-state index in [-0.39, 0.29) is 17.5 Å². The van der Waals surface area contributed by atoms with E-state index in [2.05, 4.69) is 32.5 Å². The molecule has 11 heteroatoms. The zero-order valence-electron chi connectivity index (χ0n) is 14.7. The minimum Gasteiger partial charge on any atom is -0.475 e. The number of pyridine rings is 1. The molecular weight excluding hydrogens is 403 g/mol. The molecule has 0 amide bonds. The second-order valence-electron chi connectivity index (χ2n) is 5.28. The molecule has 0 radical (unpaired) electrons. The van der Waals surface area contributed by atoms with Gasteiger partial charge in [0.25, 0.3) is 0 Å². The van der Waals surface area contributed by atoms with Gasteiger partial charge in [-0.05, 0) is 12.5 Å². The van der Waals surface area contributed by atoms with Gasteiger partial charge < -0.3 is 15.4 Å². The van der Waals surface area contributed by atoms with Crippen LogP contribution >= 0.6 is 22.9 Å². The molecule has 0 saturated heterocycles. The number of aliphatic imine (C=N–C) groups is 1. The average Bonchev–Trinajstić information content (AvgIpc) is 3.09. The first-order chi connectivity index (χ1) is 12.8. The Morgan fingerprint density at radius 2 is 2.07 bits per heavy atom. The molecule has 0 aliphatic rings. The van der Waals surface area contributed by atoms with E-state index >= 15 is 0 Å². The Morgan fingerprint density at radius 1 is 1.30 bits per heavy atom. The molecule has 148 valence electrons. The quantitative estimate of drug-likeness (QED) is 0.406. The Kier molecular flexibility index (Phi) is 7.66. The number of alkyl halides is 3. The fraction of sp³-hybridized carbons (Fsp3) is 0.438. The molecule has 2 rings (SSSR count). The molecule has 0 unspecified atom stereocenters. The van der Waals surface area contributed by atoms with Gasteiger partial charge in [0.05, 0.1) is 18.7 Å². The number of hydrogen-bond acceptors (Lipinski definition) is 5. The summed E-state index contributed by atoms with van der Waals surface area (Å²) in [6.07, 6.45) is -1.01. The minimum atomic E-state index is -4.50. The lowest BCUT2D eigenvalue weighted by Crippen LogP contribution is -2.38. The molecule has 27 heavy (non-hydrogen) atoms.